The van der Waals surface area contributed by atoms with Gasteiger partial charge in [-0.25, -0.2) is 4.98 Å². The highest BCUT2D eigenvalue weighted by molar-refractivity contribution is 14.0. The quantitative estimate of drug-likeness (QED) is 0.351. The number of furan rings is 1. The molecule has 0 amide bonds. The first kappa shape index (κ1) is 19.7. The van der Waals surface area contributed by atoms with Crippen molar-refractivity contribution in [1.82, 2.24) is 15.2 Å². The molecule has 0 fully saturated rings. The Morgan fingerprint density at radius 2 is 2.08 bits per heavy atom. The van der Waals surface area contributed by atoms with E-state index in [1.54, 1.807) is 18.4 Å². The lowest BCUT2D eigenvalue weighted by Crippen LogP contribution is -2.37. The first-order chi connectivity index (χ1) is 11.6. The number of aromatic nitrogens is 1. The Hall–Kier alpha value is -1.61. The second-order valence-corrected chi connectivity index (χ2v) is 7.04. The largest absolute Gasteiger partial charge is 0.459 e. The number of aryl methyl sites for hydroxylation is 2. The van der Waals surface area contributed by atoms with E-state index in [0.717, 1.165) is 33.4 Å². The third-order valence-corrected chi connectivity index (χ3v) is 4.99. The molecule has 0 aliphatic rings. The van der Waals surface area contributed by atoms with Crippen LogP contribution in [0.15, 0.2) is 39.7 Å². The van der Waals surface area contributed by atoms with Gasteiger partial charge in [0.05, 0.1) is 18.8 Å². The third-order valence-electron chi connectivity index (χ3n) is 3.91. The highest BCUT2D eigenvalue weighted by Gasteiger charge is 2.11. The zero-order valence-electron chi connectivity index (χ0n) is 14.9. The van der Waals surface area contributed by atoms with Crippen molar-refractivity contribution in [2.75, 3.05) is 14.1 Å². The van der Waals surface area contributed by atoms with E-state index in [4.69, 9.17) is 4.42 Å². The Kier molecular flexibility index (Phi) is 6.83. The van der Waals surface area contributed by atoms with E-state index < -0.39 is 0 Å². The number of para-hydroxylation sites is 1. The van der Waals surface area contributed by atoms with Crippen molar-refractivity contribution in [3.05, 3.63) is 51.7 Å². The molecule has 3 rings (SSSR count). The average molecular weight is 470 g/mol. The van der Waals surface area contributed by atoms with Crippen LogP contribution in [0.2, 0.25) is 0 Å². The fraction of sp³-hybridized carbons (Fsp3) is 0.333. The molecular weight excluding hydrogens is 447 g/mol. The Morgan fingerprint density at radius 3 is 2.72 bits per heavy atom. The fourth-order valence-corrected chi connectivity index (χ4v) is 3.45. The van der Waals surface area contributed by atoms with E-state index in [1.807, 2.05) is 37.1 Å². The highest BCUT2D eigenvalue weighted by atomic mass is 127. The molecule has 1 N–H and O–H groups in total. The summed E-state index contributed by atoms with van der Waals surface area (Å²) in [5.41, 5.74) is 2.01. The zero-order chi connectivity index (χ0) is 17.1. The molecule has 0 aliphatic carbocycles. The van der Waals surface area contributed by atoms with Gasteiger partial charge in [0.25, 0.3) is 0 Å². The first-order valence-electron chi connectivity index (χ1n) is 7.89. The summed E-state index contributed by atoms with van der Waals surface area (Å²) in [6.45, 7) is 5.47. The van der Waals surface area contributed by atoms with Crippen LogP contribution < -0.4 is 5.32 Å². The van der Waals surface area contributed by atoms with Crippen molar-refractivity contribution < 1.29 is 4.42 Å². The standard InChI is InChI=1S/C18H22N4OS.HI/c1-12-13(2)24-17(21-12)10-20-18(19-3)22(4)11-15-9-14-7-5-6-8-16(14)23-15;/h5-9H,10-11H2,1-4H3,(H,19,20);1H. The van der Waals surface area contributed by atoms with Crippen LogP contribution in [0.25, 0.3) is 11.0 Å². The minimum atomic E-state index is 0. The maximum Gasteiger partial charge on any atom is 0.194 e. The van der Waals surface area contributed by atoms with Crippen molar-refractivity contribution in [3.8, 4) is 0 Å². The van der Waals surface area contributed by atoms with Gasteiger partial charge in [0, 0.05) is 24.4 Å². The van der Waals surface area contributed by atoms with Crippen LogP contribution in [-0.4, -0.2) is 29.9 Å². The first-order valence-corrected chi connectivity index (χ1v) is 8.70. The maximum absolute atomic E-state index is 5.88. The lowest BCUT2D eigenvalue weighted by molar-refractivity contribution is 0.412. The Balaban J connectivity index is 0.00000225. The number of hydrogen-bond donors (Lipinski definition) is 1. The van der Waals surface area contributed by atoms with Crippen LogP contribution in [0.3, 0.4) is 0 Å². The lowest BCUT2D eigenvalue weighted by Gasteiger charge is -2.20. The van der Waals surface area contributed by atoms with Gasteiger partial charge in [0.2, 0.25) is 0 Å². The van der Waals surface area contributed by atoms with E-state index in [0.29, 0.717) is 13.1 Å². The summed E-state index contributed by atoms with van der Waals surface area (Å²) in [6.07, 6.45) is 0. The van der Waals surface area contributed by atoms with Crippen molar-refractivity contribution in [2.45, 2.75) is 26.9 Å². The Labute approximate surface area is 169 Å². The number of benzene rings is 1. The van der Waals surface area contributed by atoms with E-state index >= 15 is 0 Å². The van der Waals surface area contributed by atoms with Gasteiger partial charge in [-0.2, -0.15) is 0 Å². The molecule has 0 bridgehead atoms. The second-order valence-electron chi connectivity index (χ2n) is 5.76. The normalized spacial score (nSPS) is 11.4. The van der Waals surface area contributed by atoms with Crippen LogP contribution in [0.1, 0.15) is 21.3 Å². The van der Waals surface area contributed by atoms with Crippen LogP contribution in [0.4, 0.5) is 0 Å². The number of nitrogens with zero attached hydrogens (tertiary/aromatic N) is 3. The summed E-state index contributed by atoms with van der Waals surface area (Å²) in [6, 6.07) is 10.1. The van der Waals surface area contributed by atoms with Gasteiger partial charge in [-0.3, -0.25) is 4.99 Å². The molecule has 3 aromatic rings. The summed E-state index contributed by atoms with van der Waals surface area (Å²) in [4.78, 5) is 12.2. The van der Waals surface area contributed by atoms with E-state index in [-0.39, 0.29) is 24.0 Å². The molecule has 134 valence electrons. The number of fused-ring (bicyclic) bond motifs is 1. The van der Waals surface area contributed by atoms with E-state index in [2.05, 4.69) is 34.3 Å². The number of guanidine groups is 1. The van der Waals surface area contributed by atoms with Gasteiger partial charge in [-0.1, -0.05) is 18.2 Å². The van der Waals surface area contributed by atoms with Crippen LogP contribution in [-0.2, 0) is 13.1 Å². The molecule has 0 saturated carbocycles. The highest BCUT2D eigenvalue weighted by Crippen LogP contribution is 2.20. The molecule has 7 heteroatoms. The summed E-state index contributed by atoms with van der Waals surface area (Å²) in [7, 11) is 3.79. The van der Waals surface area contributed by atoms with Gasteiger partial charge in [-0.15, -0.1) is 35.3 Å². The summed E-state index contributed by atoms with van der Waals surface area (Å²) in [5, 5.41) is 5.56. The molecule has 0 saturated heterocycles. The number of rotatable bonds is 4. The van der Waals surface area contributed by atoms with Crippen molar-refractivity contribution >= 4 is 52.2 Å². The molecule has 0 aliphatic heterocycles. The summed E-state index contributed by atoms with van der Waals surface area (Å²) in [5.74, 6) is 1.74. The van der Waals surface area contributed by atoms with Crippen molar-refractivity contribution in [1.29, 1.82) is 0 Å². The fourth-order valence-electron chi connectivity index (χ4n) is 2.58. The molecular formula is C18H23IN4OS. The molecule has 1 aromatic carbocycles. The van der Waals surface area contributed by atoms with Gasteiger partial charge in [0.15, 0.2) is 5.96 Å². The molecule has 5 nitrogen and oxygen atoms in total. The van der Waals surface area contributed by atoms with Gasteiger partial charge < -0.3 is 14.6 Å². The van der Waals surface area contributed by atoms with Crippen LogP contribution in [0.5, 0.6) is 0 Å². The van der Waals surface area contributed by atoms with Crippen LogP contribution in [0, 0.1) is 13.8 Å². The number of hydrogen-bond acceptors (Lipinski definition) is 4. The molecule has 0 spiro atoms. The number of nitrogens with one attached hydrogen (secondary N) is 1. The Morgan fingerprint density at radius 1 is 1.32 bits per heavy atom. The SMILES string of the molecule is CN=C(NCc1nc(C)c(C)s1)N(C)Cc1cc2ccccc2o1.I. The monoisotopic (exact) mass is 470 g/mol. The van der Waals surface area contributed by atoms with Crippen LogP contribution >= 0.6 is 35.3 Å². The van der Waals surface area contributed by atoms with Gasteiger partial charge in [0.1, 0.15) is 16.4 Å². The van der Waals surface area contributed by atoms with Crippen molar-refractivity contribution in [3.63, 3.8) is 0 Å². The van der Waals surface area contributed by atoms with Gasteiger partial charge >= 0.3 is 0 Å². The number of aliphatic imine (C=N–C) groups is 1. The molecule has 0 unspecified atom stereocenters. The van der Waals surface area contributed by atoms with Crippen molar-refractivity contribution in [2.24, 2.45) is 4.99 Å². The molecule has 0 atom stereocenters. The average Bonchev–Trinajstić information content (AvgIpc) is 3.10. The molecule has 25 heavy (non-hydrogen) atoms. The second kappa shape index (κ2) is 8.66. The van der Waals surface area contributed by atoms with Gasteiger partial charge in [-0.05, 0) is 26.0 Å². The molecule has 2 heterocycles. The maximum atomic E-state index is 5.88. The lowest BCUT2D eigenvalue weighted by atomic mass is 10.2. The smallest absolute Gasteiger partial charge is 0.194 e. The predicted molar refractivity (Wildman–Crippen MR) is 115 cm³/mol. The minimum Gasteiger partial charge on any atom is -0.459 e. The summed E-state index contributed by atoms with van der Waals surface area (Å²) < 4.78 is 5.88. The molecule has 0 radical (unpaired) electrons. The summed E-state index contributed by atoms with van der Waals surface area (Å²) >= 11 is 1.72. The third kappa shape index (κ3) is 4.72. The van der Waals surface area contributed by atoms with E-state index in [1.165, 1.54) is 4.88 Å². The predicted octanol–water partition coefficient (Wildman–Crippen LogP) is 4.33. The topological polar surface area (TPSA) is 53.7 Å². The number of halogens is 1. The zero-order valence-corrected chi connectivity index (χ0v) is 18.0. The number of thiazole rings is 1. The van der Waals surface area contributed by atoms with E-state index in [9.17, 15) is 0 Å². The molecule has 2 aromatic heterocycles. The minimum absolute atomic E-state index is 0. The Bertz CT molecular complexity index is 818.